The summed E-state index contributed by atoms with van der Waals surface area (Å²) in [6.45, 7) is 0. The standard InChI is InChI=1S/C24H19.3ClH.Ti/c1-4-12-20(13-5-1)24(23-18-10-11-19-23,21-14-6-2-7-15-21)22-16-8-3-9-17-22;;;;/h1-19H;3*1H;/q;;;;+3/p-3. The monoisotopic (exact) mass is 460 g/mol. The van der Waals surface area contributed by atoms with E-state index in [-0.39, 0.29) is 46.4 Å². The van der Waals surface area contributed by atoms with Crippen molar-refractivity contribution in [1.82, 2.24) is 0 Å². The van der Waals surface area contributed by atoms with E-state index in [2.05, 4.69) is 136 Å². The Kier molecular flexibility index (Phi) is 9.27. The Morgan fingerprint density at radius 1 is 0.500 bits per heavy atom. The molecule has 3 aromatic carbocycles. The van der Waals surface area contributed by atoms with Gasteiger partial charge in [-0.1, -0.05) is 0 Å². The number of halogens is 3. The van der Waals surface area contributed by atoms with Crippen molar-refractivity contribution in [3.05, 3.63) is 132 Å². The molecule has 1 aliphatic rings. The molecule has 0 bridgehead atoms. The number of allylic oxidation sites excluding steroid dienone is 4. The fraction of sp³-hybridized carbons (Fsp3) is 0.0833. The molecule has 4 heteroatoms. The minimum absolute atomic E-state index is 0. The quantitative estimate of drug-likeness (QED) is 0.285. The van der Waals surface area contributed by atoms with Gasteiger partial charge in [-0.25, -0.2) is 0 Å². The topological polar surface area (TPSA) is 0 Å². The maximum absolute atomic E-state index is 2.33. The first-order valence-corrected chi connectivity index (χ1v) is 9.34. The van der Waals surface area contributed by atoms with Crippen LogP contribution < -0.4 is 37.2 Å². The second-order valence-corrected chi connectivity index (χ2v) is 7.73. The predicted molar refractivity (Wildman–Crippen MR) is 100 cm³/mol. The molecular formula is C24H19Cl3Ti. The van der Waals surface area contributed by atoms with E-state index < -0.39 is 0 Å². The van der Waals surface area contributed by atoms with Gasteiger partial charge in [-0.2, -0.15) is 0 Å². The minimum atomic E-state index is -0.277. The summed E-state index contributed by atoms with van der Waals surface area (Å²) in [6, 6.07) is 32.6. The Morgan fingerprint density at radius 3 is 1.07 bits per heavy atom. The van der Waals surface area contributed by atoms with Crippen LogP contribution in [-0.4, -0.2) is 0 Å². The third-order valence-corrected chi connectivity index (χ3v) is 6.18. The van der Waals surface area contributed by atoms with Crippen LogP contribution in [0, 0.1) is 0 Å². The van der Waals surface area contributed by atoms with E-state index in [9.17, 15) is 0 Å². The molecule has 28 heavy (non-hydrogen) atoms. The SMILES string of the molecule is [Cl-].[Cl-].[Cl-].[Ti+3][C]1(C(c2ccccc2)(c2ccccc2)c2ccccc2)C=CC=C1. The summed E-state index contributed by atoms with van der Waals surface area (Å²) in [6.07, 6.45) is 9.01. The van der Waals surface area contributed by atoms with Crippen LogP contribution in [0.4, 0.5) is 0 Å². The second-order valence-electron chi connectivity index (χ2n) is 6.44. The second kappa shape index (κ2) is 10.5. The Bertz CT molecular complexity index is 798. The van der Waals surface area contributed by atoms with Gasteiger partial charge in [0.25, 0.3) is 0 Å². The molecule has 0 saturated heterocycles. The summed E-state index contributed by atoms with van der Waals surface area (Å²) in [5, 5.41) is 0. The van der Waals surface area contributed by atoms with E-state index in [1.54, 1.807) is 0 Å². The first-order chi connectivity index (χ1) is 12.3. The first-order valence-electron chi connectivity index (χ1n) is 8.56. The van der Waals surface area contributed by atoms with Gasteiger partial charge in [-0.15, -0.1) is 0 Å². The number of hydrogen-bond donors (Lipinski definition) is 0. The molecule has 3 aromatic rings. The van der Waals surface area contributed by atoms with E-state index in [4.69, 9.17) is 0 Å². The van der Waals surface area contributed by atoms with Crippen molar-refractivity contribution < 1.29 is 57.7 Å². The fourth-order valence-electron chi connectivity index (χ4n) is 4.00. The third-order valence-electron chi connectivity index (χ3n) is 5.07. The van der Waals surface area contributed by atoms with Crippen molar-refractivity contribution in [3.63, 3.8) is 0 Å². The normalized spacial score (nSPS) is 13.8. The van der Waals surface area contributed by atoms with Gasteiger partial charge < -0.3 is 37.2 Å². The average molecular weight is 462 g/mol. The number of hydrogen-bond acceptors (Lipinski definition) is 0. The summed E-state index contributed by atoms with van der Waals surface area (Å²) in [5.41, 5.74) is 3.66. The van der Waals surface area contributed by atoms with Crippen molar-refractivity contribution in [2.45, 2.75) is 9.13 Å². The molecule has 0 N–H and O–H groups in total. The van der Waals surface area contributed by atoms with Crippen molar-refractivity contribution in [3.8, 4) is 0 Å². The molecule has 4 rings (SSSR count). The van der Waals surface area contributed by atoms with Gasteiger partial charge in [-0.05, 0) is 0 Å². The molecule has 0 amide bonds. The van der Waals surface area contributed by atoms with Gasteiger partial charge in [0.2, 0.25) is 0 Å². The van der Waals surface area contributed by atoms with E-state index >= 15 is 0 Å². The third kappa shape index (κ3) is 4.04. The Balaban J connectivity index is 0.00000131. The van der Waals surface area contributed by atoms with Crippen LogP contribution >= 0.6 is 0 Å². The van der Waals surface area contributed by atoms with Gasteiger partial charge in [0, 0.05) is 0 Å². The van der Waals surface area contributed by atoms with Gasteiger partial charge in [0.15, 0.2) is 0 Å². The summed E-state index contributed by atoms with van der Waals surface area (Å²) >= 11 is 2.33. The molecule has 0 unspecified atom stereocenters. The molecule has 0 aromatic heterocycles. The van der Waals surface area contributed by atoms with Gasteiger partial charge in [0.05, 0.1) is 0 Å². The molecule has 0 spiro atoms. The molecule has 0 atom stereocenters. The Hall–Kier alpha value is -1.28. The Morgan fingerprint density at radius 2 is 0.786 bits per heavy atom. The van der Waals surface area contributed by atoms with Crippen molar-refractivity contribution in [2.75, 3.05) is 0 Å². The molecule has 0 heterocycles. The van der Waals surface area contributed by atoms with Crippen LogP contribution in [0.5, 0.6) is 0 Å². The van der Waals surface area contributed by atoms with Crippen LogP contribution in [0.2, 0.25) is 3.72 Å². The van der Waals surface area contributed by atoms with Crippen molar-refractivity contribution in [2.24, 2.45) is 0 Å². The van der Waals surface area contributed by atoms with Gasteiger partial charge in [0.1, 0.15) is 0 Å². The number of benzene rings is 3. The molecule has 0 saturated carbocycles. The molecule has 0 aliphatic heterocycles. The molecule has 0 radical (unpaired) electrons. The molecule has 0 nitrogen and oxygen atoms in total. The zero-order valence-electron chi connectivity index (χ0n) is 15.1. The summed E-state index contributed by atoms with van der Waals surface area (Å²) in [7, 11) is 0. The zero-order chi connectivity index (χ0) is 17.2. The average Bonchev–Trinajstić information content (AvgIpc) is 3.13. The fourth-order valence-corrected chi connectivity index (χ4v) is 4.98. The summed E-state index contributed by atoms with van der Waals surface area (Å²) in [4.78, 5) is 0. The van der Waals surface area contributed by atoms with Crippen LogP contribution in [0.3, 0.4) is 0 Å². The summed E-state index contributed by atoms with van der Waals surface area (Å²) in [5.74, 6) is 0. The Labute approximate surface area is 197 Å². The van der Waals surface area contributed by atoms with E-state index in [1.807, 2.05) is 0 Å². The van der Waals surface area contributed by atoms with Gasteiger partial charge in [-0.3, -0.25) is 0 Å². The van der Waals surface area contributed by atoms with Crippen molar-refractivity contribution in [1.29, 1.82) is 0 Å². The van der Waals surface area contributed by atoms with E-state index in [1.165, 1.54) is 16.7 Å². The molecule has 140 valence electrons. The molecule has 0 fully saturated rings. The van der Waals surface area contributed by atoms with E-state index in [0.29, 0.717) is 0 Å². The van der Waals surface area contributed by atoms with Crippen LogP contribution in [-0.2, 0) is 25.9 Å². The predicted octanol–water partition coefficient (Wildman–Crippen LogP) is -3.14. The zero-order valence-corrected chi connectivity index (χ0v) is 18.9. The first kappa shape index (κ1) is 24.8. The molecule has 1 aliphatic carbocycles. The van der Waals surface area contributed by atoms with Gasteiger partial charge >= 0.3 is 162 Å². The van der Waals surface area contributed by atoms with Crippen LogP contribution in [0.25, 0.3) is 0 Å². The van der Waals surface area contributed by atoms with Crippen LogP contribution in [0.15, 0.2) is 115 Å². The van der Waals surface area contributed by atoms with E-state index in [0.717, 1.165) is 0 Å². The molecular weight excluding hydrogens is 442 g/mol. The van der Waals surface area contributed by atoms with Crippen molar-refractivity contribution >= 4 is 0 Å². The summed E-state index contributed by atoms with van der Waals surface area (Å²) < 4.78 is -0.142. The van der Waals surface area contributed by atoms with Crippen LogP contribution in [0.1, 0.15) is 16.7 Å². The number of rotatable bonds is 4. The maximum atomic E-state index is 2.33.